The lowest BCUT2D eigenvalue weighted by molar-refractivity contribution is -0.119. The summed E-state index contributed by atoms with van der Waals surface area (Å²) in [5.74, 6) is 0.0524. The van der Waals surface area contributed by atoms with Gasteiger partial charge in [-0.3, -0.25) is 14.4 Å². The van der Waals surface area contributed by atoms with Gasteiger partial charge < -0.3 is 20.3 Å². The SMILES string of the molecule is COc1ccc(C(=O)N[C@H](C(=O)Nc2ccc(N3CCCC3=O)cc2)C(C)C)cc1. The predicted octanol–water partition coefficient (Wildman–Crippen LogP) is 3.22. The Kier molecular flexibility index (Phi) is 6.72. The Labute approximate surface area is 176 Å². The van der Waals surface area contributed by atoms with Gasteiger partial charge in [-0.25, -0.2) is 0 Å². The number of methoxy groups -OCH3 is 1. The number of hydrogen-bond acceptors (Lipinski definition) is 4. The molecule has 3 amide bonds. The molecule has 0 saturated carbocycles. The fraction of sp³-hybridized carbons (Fsp3) is 0.348. The molecular weight excluding hydrogens is 382 g/mol. The molecule has 0 radical (unpaired) electrons. The van der Waals surface area contributed by atoms with E-state index >= 15 is 0 Å². The summed E-state index contributed by atoms with van der Waals surface area (Å²) >= 11 is 0. The Bertz CT molecular complexity index is 907. The number of nitrogens with zero attached hydrogens (tertiary/aromatic N) is 1. The molecule has 30 heavy (non-hydrogen) atoms. The van der Waals surface area contributed by atoms with Gasteiger partial charge in [0, 0.05) is 29.9 Å². The molecule has 2 aromatic carbocycles. The number of hydrogen-bond donors (Lipinski definition) is 2. The highest BCUT2D eigenvalue weighted by molar-refractivity contribution is 6.01. The maximum Gasteiger partial charge on any atom is 0.251 e. The van der Waals surface area contributed by atoms with Gasteiger partial charge in [0.1, 0.15) is 11.8 Å². The summed E-state index contributed by atoms with van der Waals surface area (Å²) in [6.45, 7) is 4.47. The van der Waals surface area contributed by atoms with Crippen molar-refractivity contribution < 1.29 is 19.1 Å². The third kappa shape index (κ3) is 4.97. The van der Waals surface area contributed by atoms with Crippen molar-refractivity contribution in [2.24, 2.45) is 5.92 Å². The summed E-state index contributed by atoms with van der Waals surface area (Å²) in [6, 6.07) is 13.2. The lowest BCUT2D eigenvalue weighted by Gasteiger charge is -2.22. The van der Waals surface area contributed by atoms with Crippen molar-refractivity contribution in [3.63, 3.8) is 0 Å². The fourth-order valence-corrected chi connectivity index (χ4v) is 3.37. The molecular formula is C23H27N3O4. The molecule has 2 aromatic rings. The zero-order valence-corrected chi connectivity index (χ0v) is 17.5. The van der Waals surface area contributed by atoms with Gasteiger partial charge in [-0.05, 0) is 60.9 Å². The number of amides is 3. The number of rotatable bonds is 7. The van der Waals surface area contributed by atoms with Crippen LogP contribution in [0.25, 0.3) is 0 Å². The third-order valence-electron chi connectivity index (χ3n) is 5.11. The smallest absolute Gasteiger partial charge is 0.251 e. The van der Waals surface area contributed by atoms with E-state index in [0.717, 1.165) is 18.7 Å². The zero-order chi connectivity index (χ0) is 21.7. The largest absolute Gasteiger partial charge is 0.497 e. The van der Waals surface area contributed by atoms with E-state index in [2.05, 4.69) is 10.6 Å². The molecule has 3 rings (SSSR count). The molecule has 2 N–H and O–H groups in total. The molecule has 158 valence electrons. The van der Waals surface area contributed by atoms with E-state index in [1.54, 1.807) is 48.4 Å². The molecule has 0 aromatic heterocycles. The molecule has 1 atom stereocenters. The van der Waals surface area contributed by atoms with Crippen LogP contribution in [0.15, 0.2) is 48.5 Å². The lowest BCUT2D eigenvalue weighted by Crippen LogP contribution is -2.47. The van der Waals surface area contributed by atoms with E-state index in [-0.39, 0.29) is 23.6 Å². The molecule has 1 heterocycles. The maximum absolute atomic E-state index is 12.8. The van der Waals surface area contributed by atoms with Gasteiger partial charge in [0.25, 0.3) is 5.91 Å². The second kappa shape index (κ2) is 9.43. The van der Waals surface area contributed by atoms with Gasteiger partial charge >= 0.3 is 0 Å². The first-order valence-electron chi connectivity index (χ1n) is 10.0. The van der Waals surface area contributed by atoms with E-state index in [0.29, 0.717) is 23.4 Å². The summed E-state index contributed by atoms with van der Waals surface area (Å²) in [5.41, 5.74) is 1.89. The monoisotopic (exact) mass is 409 g/mol. The first-order chi connectivity index (χ1) is 14.4. The summed E-state index contributed by atoms with van der Waals surface area (Å²) in [6.07, 6.45) is 1.43. The van der Waals surface area contributed by atoms with Crippen LogP contribution < -0.4 is 20.3 Å². The standard InChI is InChI=1S/C23H27N3O4/c1-15(2)21(25-22(28)16-6-12-19(30-3)13-7-16)23(29)24-17-8-10-18(11-9-17)26-14-4-5-20(26)27/h6-13,15,21H,4-5,14H2,1-3H3,(H,24,29)(H,25,28)/t21-/m0/s1. The van der Waals surface area contributed by atoms with Crippen LogP contribution >= 0.6 is 0 Å². The topological polar surface area (TPSA) is 87.7 Å². The van der Waals surface area contributed by atoms with Crippen molar-refractivity contribution in [3.8, 4) is 5.75 Å². The summed E-state index contributed by atoms with van der Waals surface area (Å²) in [7, 11) is 1.56. The minimum absolute atomic E-state index is 0.103. The van der Waals surface area contributed by atoms with Gasteiger partial charge in [-0.15, -0.1) is 0 Å². The summed E-state index contributed by atoms with van der Waals surface area (Å²) < 4.78 is 5.10. The number of anilines is 2. The molecule has 7 nitrogen and oxygen atoms in total. The lowest BCUT2D eigenvalue weighted by atomic mass is 10.0. The van der Waals surface area contributed by atoms with Crippen molar-refractivity contribution in [3.05, 3.63) is 54.1 Å². The quantitative estimate of drug-likeness (QED) is 0.735. The molecule has 0 spiro atoms. The Hall–Kier alpha value is -3.35. The van der Waals surface area contributed by atoms with Crippen LogP contribution in [0.5, 0.6) is 5.75 Å². The molecule has 7 heteroatoms. The van der Waals surface area contributed by atoms with Crippen molar-refractivity contribution >= 4 is 29.1 Å². The average molecular weight is 409 g/mol. The molecule has 1 aliphatic rings. The Morgan fingerprint density at radius 1 is 1.03 bits per heavy atom. The minimum Gasteiger partial charge on any atom is -0.497 e. The highest BCUT2D eigenvalue weighted by Crippen LogP contribution is 2.23. The van der Waals surface area contributed by atoms with E-state index in [1.807, 2.05) is 26.0 Å². The summed E-state index contributed by atoms with van der Waals surface area (Å²) in [4.78, 5) is 39.0. The van der Waals surface area contributed by atoms with E-state index in [4.69, 9.17) is 4.74 Å². The van der Waals surface area contributed by atoms with Crippen LogP contribution in [0.1, 0.15) is 37.0 Å². The molecule has 1 saturated heterocycles. The van der Waals surface area contributed by atoms with E-state index < -0.39 is 6.04 Å². The minimum atomic E-state index is -0.695. The van der Waals surface area contributed by atoms with Crippen molar-refractivity contribution in [1.29, 1.82) is 0 Å². The van der Waals surface area contributed by atoms with Crippen LogP contribution in [0.4, 0.5) is 11.4 Å². The van der Waals surface area contributed by atoms with Gasteiger partial charge in [0.2, 0.25) is 11.8 Å². The predicted molar refractivity (Wildman–Crippen MR) is 116 cm³/mol. The first kappa shape index (κ1) is 21.4. The van der Waals surface area contributed by atoms with Crippen molar-refractivity contribution in [2.45, 2.75) is 32.7 Å². The zero-order valence-electron chi connectivity index (χ0n) is 17.5. The van der Waals surface area contributed by atoms with Crippen LogP contribution in [-0.4, -0.2) is 37.4 Å². The number of ether oxygens (including phenoxy) is 1. The van der Waals surface area contributed by atoms with Crippen molar-refractivity contribution in [1.82, 2.24) is 5.32 Å². The van der Waals surface area contributed by atoms with Crippen LogP contribution in [0.3, 0.4) is 0 Å². The maximum atomic E-state index is 12.8. The number of nitrogens with one attached hydrogen (secondary N) is 2. The highest BCUT2D eigenvalue weighted by Gasteiger charge is 2.25. The second-order valence-corrected chi connectivity index (χ2v) is 7.61. The van der Waals surface area contributed by atoms with Gasteiger partial charge in [0.05, 0.1) is 7.11 Å². The molecule has 0 aliphatic carbocycles. The van der Waals surface area contributed by atoms with Crippen LogP contribution in [0.2, 0.25) is 0 Å². The van der Waals surface area contributed by atoms with Gasteiger partial charge in [-0.1, -0.05) is 13.8 Å². The van der Waals surface area contributed by atoms with Gasteiger partial charge in [-0.2, -0.15) is 0 Å². The Morgan fingerprint density at radius 2 is 1.70 bits per heavy atom. The highest BCUT2D eigenvalue weighted by atomic mass is 16.5. The molecule has 0 bridgehead atoms. The first-order valence-corrected chi connectivity index (χ1v) is 10.0. The fourth-order valence-electron chi connectivity index (χ4n) is 3.37. The number of benzene rings is 2. The van der Waals surface area contributed by atoms with E-state index in [1.165, 1.54) is 0 Å². The molecule has 0 unspecified atom stereocenters. The molecule has 1 fully saturated rings. The van der Waals surface area contributed by atoms with E-state index in [9.17, 15) is 14.4 Å². The van der Waals surface area contributed by atoms with Crippen molar-refractivity contribution in [2.75, 3.05) is 23.9 Å². The third-order valence-corrected chi connectivity index (χ3v) is 5.11. The normalized spacial score (nSPS) is 14.5. The van der Waals surface area contributed by atoms with Crippen LogP contribution in [-0.2, 0) is 9.59 Å². The second-order valence-electron chi connectivity index (χ2n) is 7.61. The average Bonchev–Trinajstić information content (AvgIpc) is 3.18. The summed E-state index contributed by atoms with van der Waals surface area (Å²) in [5, 5.41) is 5.66. The molecule has 1 aliphatic heterocycles. The van der Waals surface area contributed by atoms with Crippen LogP contribution in [0, 0.1) is 5.92 Å². The van der Waals surface area contributed by atoms with Gasteiger partial charge in [0.15, 0.2) is 0 Å². The number of carbonyl (C=O) groups excluding carboxylic acids is 3. The number of carbonyl (C=O) groups is 3. The Morgan fingerprint density at radius 3 is 2.23 bits per heavy atom. The Balaban J connectivity index is 1.64.